The van der Waals surface area contributed by atoms with Gasteiger partial charge in [0, 0.05) is 69.7 Å². The SMILES string of the molecule is CC1(N2CCN(S(=O)(=O)C3=CN(CCN4CCOCC4)C(N)c4ccccc43)CC2)CC1. The quantitative estimate of drug-likeness (QED) is 0.679. The number of fused-ring (bicyclic) bond motifs is 1. The third-order valence-corrected chi connectivity index (χ3v) is 9.48. The molecule has 1 saturated carbocycles. The van der Waals surface area contributed by atoms with Crippen molar-refractivity contribution in [2.24, 2.45) is 5.73 Å². The zero-order chi connectivity index (χ0) is 22.3. The van der Waals surface area contributed by atoms with Crippen LogP contribution in [-0.2, 0) is 14.8 Å². The summed E-state index contributed by atoms with van der Waals surface area (Å²) in [5, 5.41) is 0. The van der Waals surface area contributed by atoms with Crippen LogP contribution in [0.5, 0.6) is 0 Å². The molecule has 0 radical (unpaired) electrons. The molecule has 1 atom stereocenters. The van der Waals surface area contributed by atoms with Gasteiger partial charge in [-0.15, -0.1) is 0 Å². The molecule has 1 aromatic carbocycles. The van der Waals surface area contributed by atoms with Gasteiger partial charge in [0.25, 0.3) is 0 Å². The second-order valence-corrected chi connectivity index (χ2v) is 11.5. The summed E-state index contributed by atoms with van der Waals surface area (Å²) in [6.07, 6.45) is 3.87. The highest BCUT2D eigenvalue weighted by molar-refractivity contribution is 7.98. The van der Waals surface area contributed by atoms with Gasteiger partial charge >= 0.3 is 0 Å². The maximum atomic E-state index is 13.8. The second-order valence-electron chi connectivity index (χ2n) is 9.61. The van der Waals surface area contributed by atoms with Crippen LogP contribution in [0.1, 0.15) is 37.1 Å². The van der Waals surface area contributed by atoms with Crippen LogP contribution in [0.2, 0.25) is 0 Å². The molecule has 2 saturated heterocycles. The Hall–Kier alpha value is -1.49. The van der Waals surface area contributed by atoms with Crippen molar-refractivity contribution in [1.82, 2.24) is 19.0 Å². The number of piperazine rings is 1. The van der Waals surface area contributed by atoms with Gasteiger partial charge in [0.05, 0.1) is 13.2 Å². The summed E-state index contributed by atoms with van der Waals surface area (Å²) in [6, 6.07) is 7.67. The summed E-state index contributed by atoms with van der Waals surface area (Å²) >= 11 is 0. The third kappa shape index (κ3) is 4.22. The van der Waals surface area contributed by atoms with Crippen molar-refractivity contribution in [2.75, 3.05) is 65.6 Å². The standard InChI is InChI=1S/C23H35N5O3S/c1-23(6-7-23)27-10-12-28(13-11-27)32(29,30)21-18-26(9-8-25-14-16-31-17-15-25)22(24)20-5-3-2-4-19(20)21/h2-5,18,22H,6-17,24H2,1H3. The number of sulfonamides is 1. The number of nitrogens with two attached hydrogens (primary N) is 1. The highest BCUT2D eigenvalue weighted by Gasteiger charge is 2.45. The molecular weight excluding hydrogens is 426 g/mol. The number of morpholine rings is 1. The van der Waals surface area contributed by atoms with Gasteiger partial charge in [-0.05, 0) is 25.3 Å². The lowest BCUT2D eigenvalue weighted by Crippen LogP contribution is -2.52. The number of benzene rings is 1. The van der Waals surface area contributed by atoms with E-state index in [0.717, 1.165) is 57.1 Å². The number of nitrogens with zero attached hydrogens (tertiary/aromatic N) is 4. The van der Waals surface area contributed by atoms with E-state index >= 15 is 0 Å². The largest absolute Gasteiger partial charge is 0.379 e. The Bertz CT molecular complexity index is 964. The van der Waals surface area contributed by atoms with Crippen molar-refractivity contribution < 1.29 is 13.2 Å². The Morgan fingerprint density at radius 1 is 1.03 bits per heavy atom. The summed E-state index contributed by atoms with van der Waals surface area (Å²) in [5.41, 5.74) is 8.48. The van der Waals surface area contributed by atoms with Crippen LogP contribution in [0.3, 0.4) is 0 Å². The van der Waals surface area contributed by atoms with Crippen LogP contribution in [-0.4, -0.2) is 98.5 Å². The van der Waals surface area contributed by atoms with Gasteiger partial charge in [0.1, 0.15) is 11.1 Å². The van der Waals surface area contributed by atoms with Crippen molar-refractivity contribution in [2.45, 2.75) is 31.5 Å². The van der Waals surface area contributed by atoms with Crippen LogP contribution in [0, 0.1) is 0 Å². The van der Waals surface area contributed by atoms with E-state index in [1.54, 1.807) is 10.5 Å². The molecule has 1 aliphatic carbocycles. The van der Waals surface area contributed by atoms with Gasteiger partial charge in [-0.25, -0.2) is 8.42 Å². The summed E-state index contributed by atoms with van der Waals surface area (Å²) in [7, 11) is -3.61. The molecule has 3 aliphatic heterocycles. The average Bonchev–Trinajstić information content (AvgIpc) is 3.58. The van der Waals surface area contributed by atoms with E-state index in [1.807, 2.05) is 29.2 Å². The smallest absolute Gasteiger partial charge is 0.245 e. The fourth-order valence-electron chi connectivity index (χ4n) is 5.05. The Kier molecular flexibility index (Phi) is 6.06. The first-order valence-electron chi connectivity index (χ1n) is 11.8. The highest BCUT2D eigenvalue weighted by Crippen LogP contribution is 2.42. The van der Waals surface area contributed by atoms with Crippen LogP contribution in [0.15, 0.2) is 30.5 Å². The van der Waals surface area contributed by atoms with E-state index in [2.05, 4.69) is 16.7 Å². The normalized spacial score (nSPS) is 27.1. The Balaban J connectivity index is 1.37. The zero-order valence-electron chi connectivity index (χ0n) is 18.9. The minimum absolute atomic E-state index is 0.287. The molecule has 0 spiro atoms. The van der Waals surface area contributed by atoms with E-state index in [1.165, 1.54) is 12.8 Å². The number of ether oxygens (including phenoxy) is 1. The Morgan fingerprint density at radius 3 is 2.41 bits per heavy atom. The topological polar surface area (TPSA) is 82.4 Å². The van der Waals surface area contributed by atoms with Gasteiger partial charge < -0.3 is 15.4 Å². The molecule has 3 fully saturated rings. The lowest BCUT2D eigenvalue weighted by molar-refractivity contribution is 0.0338. The van der Waals surface area contributed by atoms with Gasteiger partial charge in [0.2, 0.25) is 10.0 Å². The van der Waals surface area contributed by atoms with E-state index in [-0.39, 0.29) is 11.7 Å². The Labute approximate surface area is 191 Å². The first-order chi connectivity index (χ1) is 15.4. The molecular formula is C23H35N5O3S. The van der Waals surface area contributed by atoms with Gasteiger partial charge in [0.15, 0.2) is 0 Å². The van der Waals surface area contributed by atoms with Crippen molar-refractivity contribution in [3.05, 3.63) is 41.6 Å². The van der Waals surface area contributed by atoms with Crippen molar-refractivity contribution in [3.63, 3.8) is 0 Å². The van der Waals surface area contributed by atoms with E-state index in [4.69, 9.17) is 10.5 Å². The van der Waals surface area contributed by atoms with E-state index in [0.29, 0.717) is 24.5 Å². The molecule has 8 nitrogen and oxygen atoms in total. The molecule has 4 aliphatic rings. The molecule has 9 heteroatoms. The highest BCUT2D eigenvalue weighted by atomic mass is 32.2. The lowest BCUT2D eigenvalue weighted by atomic mass is 10.0. The van der Waals surface area contributed by atoms with E-state index < -0.39 is 10.0 Å². The monoisotopic (exact) mass is 461 g/mol. The molecule has 32 heavy (non-hydrogen) atoms. The summed E-state index contributed by atoms with van der Waals surface area (Å²) in [6.45, 7) is 9.76. The molecule has 0 amide bonds. The number of hydrogen-bond donors (Lipinski definition) is 1. The van der Waals surface area contributed by atoms with Gasteiger partial charge in [-0.1, -0.05) is 24.3 Å². The molecule has 1 unspecified atom stereocenters. The second kappa shape index (κ2) is 8.70. The van der Waals surface area contributed by atoms with Gasteiger partial charge in [-0.3, -0.25) is 9.80 Å². The minimum Gasteiger partial charge on any atom is -0.379 e. The van der Waals surface area contributed by atoms with Crippen molar-refractivity contribution >= 4 is 14.9 Å². The van der Waals surface area contributed by atoms with Crippen LogP contribution < -0.4 is 5.73 Å². The predicted octanol–water partition coefficient (Wildman–Crippen LogP) is 1.09. The number of rotatable bonds is 6. The van der Waals surface area contributed by atoms with Crippen LogP contribution >= 0.6 is 0 Å². The van der Waals surface area contributed by atoms with Crippen molar-refractivity contribution in [3.8, 4) is 0 Å². The molecule has 2 N–H and O–H groups in total. The maximum Gasteiger partial charge on any atom is 0.245 e. The average molecular weight is 462 g/mol. The lowest BCUT2D eigenvalue weighted by Gasteiger charge is -2.40. The number of hydrogen-bond acceptors (Lipinski definition) is 7. The first-order valence-corrected chi connectivity index (χ1v) is 13.2. The Morgan fingerprint density at radius 2 is 1.72 bits per heavy atom. The maximum absolute atomic E-state index is 13.8. The van der Waals surface area contributed by atoms with Crippen LogP contribution in [0.25, 0.3) is 4.91 Å². The molecule has 1 aromatic rings. The zero-order valence-corrected chi connectivity index (χ0v) is 19.8. The fourth-order valence-corrected chi connectivity index (χ4v) is 6.71. The van der Waals surface area contributed by atoms with Crippen LogP contribution in [0.4, 0.5) is 0 Å². The van der Waals surface area contributed by atoms with Crippen molar-refractivity contribution in [1.29, 1.82) is 0 Å². The van der Waals surface area contributed by atoms with Gasteiger partial charge in [-0.2, -0.15) is 4.31 Å². The summed E-state index contributed by atoms with van der Waals surface area (Å²) in [4.78, 5) is 7.16. The molecule has 176 valence electrons. The molecule has 3 heterocycles. The summed E-state index contributed by atoms with van der Waals surface area (Å²) < 4.78 is 34.7. The van der Waals surface area contributed by atoms with E-state index in [9.17, 15) is 8.42 Å². The fraction of sp³-hybridized carbons (Fsp3) is 0.652. The minimum atomic E-state index is -3.61. The summed E-state index contributed by atoms with van der Waals surface area (Å²) in [5.74, 6) is 0. The molecule has 0 bridgehead atoms. The third-order valence-electron chi connectivity index (χ3n) is 7.56. The predicted molar refractivity (Wildman–Crippen MR) is 125 cm³/mol. The molecule has 0 aromatic heterocycles. The molecule has 5 rings (SSSR count). The first kappa shape index (κ1) is 22.3.